The Morgan fingerprint density at radius 2 is 1.34 bits per heavy atom. The smallest absolute Gasteiger partial charge is 0.0162 e. The van der Waals surface area contributed by atoms with Crippen LogP contribution >= 0.6 is 0 Å². The van der Waals surface area contributed by atoms with Gasteiger partial charge in [-0.3, -0.25) is 0 Å². The lowest BCUT2D eigenvalue weighted by Gasteiger charge is -2.30. The van der Waals surface area contributed by atoms with Gasteiger partial charge in [0.2, 0.25) is 0 Å². The van der Waals surface area contributed by atoms with Crippen LogP contribution in [0.4, 0.5) is 0 Å². The van der Waals surface area contributed by atoms with E-state index in [9.17, 15) is 0 Å². The monoisotopic (exact) mass is 422 g/mol. The van der Waals surface area contributed by atoms with E-state index in [-0.39, 0.29) is 0 Å². The number of aryl methyl sites for hydroxylation is 1. The maximum absolute atomic E-state index is 2.40. The van der Waals surface area contributed by atoms with Gasteiger partial charge in [0.25, 0.3) is 0 Å². The molecule has 3 aromatic rings. The lowest BCUT2D eigenvalue weighted by molar-refractivity contribution is 0.297. The highest BCUT2D eigenvalue weighted by Crippen LogP contribution is 2.39. The second kappa shape index (κ2) is 11.3. The molecule has 1 atom stereocenters. The molecule has 0 amide bonds. The van der Waals surface area contributed by atoms with E-state index in [2.05, 4.69) is 105 Å². The molecule has 1 unspecified atom stereocenters. The van der Waals surface area contributed by atoms with Gasteiger partial charge in [-0.15, -0.1) is 0 Å². The topological polar surface area (TPSA) is 0 Å². The summed E-state index contributed by atoms with van der Waals surface area (Å²) >= 11 is 0. The van der Waals surface area contributed by atoms with Crippen molar-refractivity contribution in [2.45, 2.75) is 70.6 Å². The molecular weight excluding hydrogens is 384 g/mol. The number of benzene rings is 3. The van der Waals surface area contributed by atoms with E-state index in [1.165, 1.54) is 72.8 Å². The van der Waals surface area contributed by atoms with E-state index < -0.39 is 0 Å². The van der Waals surface area contributed by atoms with Gasteiger partial charge < -0.3 is 0 Å². The Labute approximate surface area is 195 Å². The van der Waals surface area contributed by atoms with Crippen LogP contribution in [0.15, 0.2) is 78.9 Å². The van der Waals surface area contributed by atoms with Gasteiger partial charge in [-0.05, 0) is 84.1 Å². The Morgan fingerprint density at radius 3 is 1.94 bits per heavy atom. The minimum atomic E-state index is 0.673. The molecule has 0 heterocycles. The summed E-state index contributed by atoms with van der Waals surface area (Å²) in [4.78, 5) is 0. The summed E-state index contributed by atoms with van der Waals surface area (Å²) in [6.07, 6.45) is 13.6. The molecule has 0 spiro atoms. The molecule has 0 aromatic heterocycles. The van der Waals surface area contributed by atoms with E-state index in [1.807, 2.05) is 0 Å². The van der Waals surface area contributed by atoms with Crippen molar-refractivity contribution in [3.05, 3.63) is 107 Å². The van der Waals surface area contributed by atoms with Crippen molar-refractivity contribution in [2.24, 2.45) is 5.92 Å². The predicted molar refractivity (Wildman–Crippen MR) is 140 cm³/mol. The maximum atomic E-state index is 2.40. The molecule has 0 bridgehead atoms. The first-order valence-electron chi connectivity index (χ1n) is 12.6. The van der Waals surface area contributed by atoms with E-state index in [4.69, 9.17) is 0 Å². The summed E-state index contributed by atoms with van der Waals surface area (Å²) in [7, 11) is 0. The van der Waals surface area contributed by atoms with Crippen LogP contribution in [0, 0.1) is 5.92 Å². The van der Waals surface area contributed by atoms with Gasteiger partial charge in [0.15, 0.2) is 0 Å². The van der Waals surface area contributed by atoms with Crippen molar-refractivity contribution in [2.75, 3.05) is 0 Å². The summed E-state index contributed by atoms with van der Waals surface area (Å²) < 4.78 is 0. The Kier molecular flexibility index (Phi) is 7.99. The molecule has 3 aromatic carbocycles. The summed E-state index contributed by atoms with van der Waals surface area (Å²) in [5.74, 6) is 2.29. The average Bonchev–Trinajstić information content (AvgIpc) is 2.85. The van der Waals surface area contributed by atoms with E-state index in [0.29, 0.717) is 5.92 Å². The average molecular weight is 423 g/mol. The highest BCUT2D eigenvalue weighted by molar-refractivity contribution is 5.69. The van der Waals surface area contributed by atoms with Gasteiger partial charge in [-0.25, -0.2) is 0 Å². The first-order valence-corrected chi connectivity index (χ1v) is 12.6. The van der Waals surface area contributed by atoms with Crippen molar-refractivity contribution >= 4 is 12.2 Å². The lowest BCUT2D eigenvalue weighted by Crippen LogP contribution is -2.15. The third-order valence-corrected chi connectivity index (χ3v) is 7.30. The van der Waals surface area contributed by atoms with Crippen LogP contribution in [0.3, 0.4) is 0 Å². The van der Waals surface area contributed by atoms with Gasteiger partial charge in [0, 0.05) is 0 Å². The summed E-state index contributed by atoms with van der Waals surface area (Å²) in [5, 5.41) is 0. The molecular formula is C32H38. The predicted octanol–water partition coefficient (Wildman–Crippen LogP) is 9.28. The van der Waals surface area contributed by atoms with Crippen LogP contribution in [0.1, 0.15) is 92.0 Å². The zero-order chi connectivity index (χ0) is 22.2. The standard InChI is InChI=1S/C32H38/c1-3-7-26-10-12-27(13-11-26)14-15-28-16-20-31(21-17-28)32-22-18-29(19-23-32)24-25(2)30-8-5-4-6-9-30/h4-6,8-17,20-21,25,29,32H,3,7,18-19,22-24H2,1-2H3/b15-14+. The van der Waals surface area contributed by atoms with Crippen LogP contribution in [0.25, 0.3) is 12.2 Å². The van der Waals surface area contributed by atoms with Crippen molar-refractivity contribution in [3.8, 4) is 0 Å². The maximum Gasteiger partial charge on any atom is -0.0162 e. The molecule has 0 aliphatic heterocycles. The Morgan fingerprint density at radius 1 is 0.750 bits per heavy atom. The second-order valence-electron chi connectivity index (χ2n) is 9.76. The first-order chi connectivity index (χ1) is 15.7. The van der Waals surface area contributed by atoms with Crippen molar-refractivity contribution in [1.29, 1.82) is 0 Å². The fourth-order valence-corrected chi connectivity index (χ4v) is 5.30. The van der Waals surface area contributed by atoms with Gasteiger partial charge >= 0.3 is 0 Å². The van der Waals surface area contributed by atoms with Gasteiger partial charge in [-0.2, -0.15) is 0 Å². The normalized spacial score (nSPS) is 19.8. The Bertz CT molecular complexity index is 955. The molecule has 166 valence electrons. The van der Waals surface area contributed by atoms with Crippen LogP contribution in [-0.2, 0) is 6.42 Å². The number of rotatable bonds is 8. The molecule has 0 saturated heterocycles. The third kappa shape index (κ3) is 6.22. The molecule has 4 rings (SSSR count). The summed E-state index contributed by atoms with van der Waals surface area (Å²) in [5.41, 5.74) is 7.02. The SMILES string of the molecule is CCCc1ccc(/C=C/c2ccc(C3CCC(CC(C)c4ccccc4)CC3)cc2)cc1. The van der Waals surface area contributed by atoms with Crippen molar-refractivity contribution in [3.63, 3.8) is 0 Å². The van der Waals surface area contributed by atoms with Crippen LogP contribution < -0.4 is 0 Å². The zero-order valence-electron chi connectivity index (χ0n) is 19.8. The van der Waals surface area contributed by atoms with Crippen LogP contribution in [0.2, 0.25) is 0 Å². The highest BCUT2D eigenvalue weighted by atomic mass is 14.3. The summed E-state index contributed by atoms with van der Waals surface area (Å²) in [6, 6.07) is 29.3. The number of hydrogen-bond donors (Lipinski definition) is 0. The van der Waals surface area contributed by atoms with Crippen molar-refractivity contribution in [1.82, 2.24) is 0 Å². The van der Waals surface area contributed by atoms with E-state index in [1.54, 1.807) is 0 Å². The minimum Gasteiger partial charge on any atom is -0.0651 e. The largest absolute Gasteiger partial charge is 0.0651 e. The quantitative estimate of drug-likeness (QED) is 0.317. The fourth-order valence-electron chi connectivity index (χ4n) is 5.30. The van der Waals surface area contributed by atoms with Gasteiger partial charge in [0.1, 0.15) is 0 Å². The molecule has 0 heteroatoms. The molecule has 32 heavy (non-hydrogen) atoms. The lowest BCUT2D eigenvalue weighted by atomic mass is 9.75. The molecule has 0 N–H and O–H groups in total. The Hall–Kier alpha value is -2.60. The Balaban J connectivity index is 1.27. The zero-order valence-corrected chi connectivity index (χ0v) is 19.8. The molecule has 0 nitrogen and oxygen atoms in total. The summed E-state index contributed by atoms with van der Waals surface area (Å²) in [6.45, 7) is 4.63. The van der Waals surface area contributed by atoms with Crippen molar-refractivity contribution < 1.29 is 0 Å². The molecule has 1 fully saturated rings. The minimum absolute atomic E-state index is 0.673. The highest BCUT2D eigenvalue weighted by Gasteiger charge is 2.24. The molecule has 1 saturated carbocycles. The van der Waals surface area contributed by atoms with E-state index in [0.717, 1.165) is 11.8 Å². The molecule has 0 radical (unpaired) electrons. The second-order valence-corrected chi connectivity index (χ2v) is 9.76. The van der Waals surface area contributed by atoms with Crippen LogP contribution in [-0.4, -0.2) is 0 Å². The van der Waals surface area contributed by atoms with Crippen LogP contribution in [0.5, 0.6) is 0 Å². The fraction of sp³-hybridized carbons (Fsp3) is 0.375. The third-order valence-electron chi connectivity index (χ3n) is 7.30. The van der Waals surface area contributed by atoms with Gasteiger partial charge in [0.05, 0.1) is 0 Å². The molecule has 1 aliphatic rings. The first kappa shape index (κ1) is 22.6. The van der Waals surface area contributed by atoms with E-state index >= 15 is 0 Å². The molecule has 1 aliphatic carbocycles. The van der Waals surface area contributed by atoms with Gasteiger partial charge in [-0.1, -0.05) is 111 Å². The number of hydrogen-bond acceptors (Lipinski definition) is 0.